The van der Waals surface area contributed by atoms with Crippen LogP contribution in [0.3, 0.4) is 0 Å². The Kier molecular flexibility index (Phi) is 5.06. The third-order valence-electron chi connectivity index (χ3n) is 5.06. The van der Waals surface area contributed by atoms with Crippen molar-refractivity contribution < 1.29 is 8.42 Å². The molecule has 0 bridgehead atoms. The molecule has 1 aliphatic heterocycles. The van der Waals surface area contributed by atoms with Gasteiger partial charge in [-0.2, -0.15) is 0 Å². The van der Waals surface area contributed by atoms with Gasteiger partial charge in [-0.1, -0.05) is 30.4 Å². The summed E-state index contributed by atoms with van der Waals surface area (Å²) in [7, 11) is -3.13. The molecule has 1 aromatic heterocycles. The number of thiazole rings is 1. The zero-order valence-electron chi connectivity index (χ0n) is 15.3. The standard InChI is InChI=1S/C20H23N3O2S2/c1-2-27(24,25)17-9-7-16(8-10-17)23-13-11-15(12-14-23)21-20-22-18-5-3-4-6-19(18)26-20/h3-10,15H,2,11-14H2,1H3,(H,21,22). The number of nitrogens with zero attached hydrogens (tertiary/aromatic N) is 2. The van der Waals surface area contributed by atoms with E-state index in [0.717, 1.165) is 42.3 Å². The average molecular weight is 402 g/mol. The highest BCUT2D eigenvalue weighted by atomic mass is 32.2. The van der Waals surface area contributed by atoms with Gasteiger partial charge in [0.25, 0.3) is 0 Å². The van der Waals surface area contributed by atoms with E-state index in [9.17, 15) is 8.42 Å². The molecule has 0 radical (unpaired) electrons. The molecule has 2 aromatic carbocycles. The van der Waals surface area contributed by atoms with E-state index in [4.69, 9.17) is 0 Å². The smallest absolute Gasteiger partial charge is 0.184 e. The van der Waals surface area contributed by atoms with Crippen LogP contribution in [0, 0.1) is 0 Å². The first-order valence-corrected chi connectivity index (χ1v) is 11.7. The molecular formula is C20H23N3O2S2. The van der Waals surface area contributed by atoms with E-state index in [1.165, 1.54) is 4.70 Å². The molecule has 0 atom stereocenters. The van der Waals surface area contributed by atoms with Gasteiger partial charge in [-0.15, -0.1) is 0 Å². The van der Waals surface area contributed by atoms with Gasteiger partial charge < -0.3 is 10.2 Å². The van der Waals surface area contributed by atoms with Gasteiger partial charge in [-0.3, -0.25) is 0 Å². The Labute approximate surface area is 164 Å². The molecule has 3 aromatic rings. The first-order valence-electron chi connectivity index (χ1n) is 9.25. The lowest BCUT2D eigenvalue weighted by Gasteiger charge is -2.34. The molecule has 4 rings (SSSR count). The molecule has 27 heavy (non-hydrogen) atoms. The summed E-state index contributed by atoms with van der Waals surface area (Å²) in [5.41, 5.74) is 2.13. The summed E-state index contributed by atoms with van der Waals surface area (Å²) in [6.07, 6.45) is 2.07. The Morgan fingerprint density at radius 1 is 1.11 bits per heavy atom. The van der Waals surface area contributed by atoms with Crippen molar-refractivity contribution >= 4 is 42.2 Å². The molecule has 1 saturated heterocycles. The van der Waals surface area contributed by atoms with Crippen molar-refractivity contribution in [2.75, 3.05) is 29.1 Å². The van der Waals surface area contributed by atoms with E-state index in [1.807, 2.05) is 30.3 Å². The van der Waals surface area contributed by atoms with Crippen molar-refractivity contribution in [2.24, 2.45) is 0 Å². The monoisotopic (exact) mass is 401 g/mol. The van der Waals surface area contributed by atoms with Crippen LogP contribution in [0.25, 0.3) is 10.2 Å². The summed E-state index contributed by atoms with van der Waals surface area (Å²) >= 11 is 1.70. The Hall–Kier alpha value is -2.12. The van der Waals surface area contributed by atoms with E-state index >= 15 is 0 Å². The van der Waals surface area contributed by atoms with Crippen LogP contribution in [-0.2, 0) is 9.84 Å². The summed E-state index contributed by atoms with van der Waals surface area (Å²) in [4.78, 5) is 7.38. The van der Waals surface area contributed by atoms with Crippen LogP contribution in [0.4, 0.5) is 10.8 Å². The van der Waals surface area contributed by atoms with Gasteiger partial charge in [0.2, 0.25) is 0 Å². The van der Waals surface area contributed by atoms with Gasteiger partial charge in [0.15, 0.2) is 15.0 Å². The number of rotatable bonds is 5. The minimum Gasteiger partial charge on any atom is -0.371 e. The SMILES string of the molecule is CCS(=O)(=O)c1ccc(N2CCC(Nc3nc4ccccc4s3)CC2)cc1. The molecule has 0 amide bonds. The molecule has 0 aliphatic carbocycles. The number of aromatic nitrogens is 1. The Morgan fingerprint density at radius 2 is 1.81 bits per heavy atom. The normalized spacial score (nSPS) is 16.0. The Morgan fingerprint density at radius 3 is 2.48 bits per heavy atom. The average Bonchev–Trinajstić information content (AvgIpc) is 3.11. The van der Waals surface area contributed by atoms with Crippen LogP contribution in [0.1, 0.15) is 19.8 Å². The van der Waals surface area contributed by atoms with Gasteiger partial charge in [0.1, 0.15) is 0 Å². The fourth-order valence-electron chi connectivity index (χ4n) is 3.42. The van der Waals surface area contributed by atoms with E-state index in [-0.39, 0.29) is 5.75 Å². The molecule has 1 aliphatic rings. The second-order valence-electron chi connectivity index (χ2n) is 6.79. The molecule has 1 fully saturated rings. The number of hydrogen-bond donors (Lipinski definition) is 1. The summed E-state index contributed by atoms with van der Waals surface area (Å²) in [6.45, 7) is 3.57. The van der Waals surface area contributed by atoms with E-state index in [0.29, 0.717) is 10.9 Å². The minimum atomic E-state index is -3.13. The largest absolute Gasteiger partial charge is 0.371 e. The van der Waals surface area contributed by atoms with Gasteiger partial charge in [-0.05, 0) is 49.2 Å². The van der Waals surface area contributed by atoms with Crippen LogP contribution in [0.2, 0.25) is 0 Å². The van der Waals surface area contributed by atoms with E-state index < -0.39 is 9.84 Å². The quantitative estimate of drug-likeness (QED) is 0.695. The Bertz CT molecular complexity index is 988. The lowest BCUT2D eigenvalue weighted by molar-refractivity contribution is 0.526. The lowest BCUT2D eigenvalue weighted by Crippen LogP contribution is -2.39. The first kappa shape index (κ1) is 18.3. The Balaban J connectivity index is 1.37. The van der Waals surface area contributed by atoms with Crippen molar-refractivity contribution in [3.05, 3.63) is 48.5 Å². The number of piperidine rings is 1. The minimum absolute atomic E-state index is 0.134. The summed E-state index contributed by atoms with van der Waals surface area (Å²) in [5, 5.41) is 4.57. The molecular weight excluding hydrogens is 378 g/mol. The fourth-order valence-corrected chi connectivity index (χ4v) is 5.25. The molecule has 0 saturated carbocycles. The number of para-hydroxylation sites is 1. The maximum Gasteiger partial charge on any atom is 0.184 e. The molecule has 0 spiro atoms. The van der Waals surface area contributed by atoms with Crippen molar-refractivity contribution in [3.63, 3.8) is 0 Å². The third kappa shape index (κ3) is 3.94. The molecule has 0 unspecified atom stereocenters. The number of sulfone groups is 1. The van der Waals surface area contributed by atoms with E-state index in [1.54, 1.807) is 30.4 Å². The molecule has 7 heteroatoms. The summed E-state index contributed by atoms with van der Waals surface area (Å²) in [6, 6.07) is 15.9. The molecule has 142 valence electrons. The predicted molar refractivity (Wildman–Crippen MR) is 113 cm³/mol. The number of anilines is 2. The molecule has 1 N–H and O–H groups in total. The first-order chi connectivity index (χ1) is 13.0. The van der Waals surface area contributed by atoms with Crippen LogP contribution < -0.4 is 10.2 Å². The summed E-state index contributed by atoms with van der Waals surface area (Å²) < 4.78 is 25.1. The van der Waals surface area contributed by atoms with Gasteiger partial charge in [0.05, 0.1) is 20.9 Å². The highest BCUT2D eigenvalue weighted by molar-refractivity contribution is 7.91. The highest BCUT2D eigenvalue weighted by Crippen LogP contribution is 2.28. The van der Waals surface area contributed by atoms with E-state index in [2.05, 4.69) is 21.3 Å². The maximum absolute atomic E-state index is 11.9. The second kappa shape index (κ2) is 7.48. The number of hydrogen-bond acceptors (Lipinski definition) is 6. The maximum atomic E-state index is 11.9. The molecule has 5 nitrogen and oxygen atoms in total. The van der Waals surface area contributed by atoms with Crippen LogP contribution >= 0.6 is 11.3 Å². The van der Waals surface area contributed by atoms with Gasteiger partial charge >= 0.3 is 0 Å². The van der Waals surface area contributed by atoms with Crippen molar-refractivity contribution in [2.45, 2.75) is 30.7 Å². The van der Waals surface area contributed by atoms with Crippen molar-refractivity contribution in [1.82, 2.24) is 4.98 Å². The topological polar surface area (TPSA) is 62.3 Å². The van der Waals surface area contributed by atoms with Crippen LogP contribution in [0.5, 0.6) is 0 Å². The molecule has 2 heterocycles. The number of fused-ring (bicyclic) bond motifs is 1. The second-order valence-corrected chi connectivity index (χ2v) is 10.1. The zero-order chi connectivity index (χ0) is 18.9. The number of benzene rings is 2. The summed E-state index contributed by atoms with van der Waals surface area (Å²) in [5.74, 6) is 0.134. The highest BCUT2D eigenvalue weighted by Gasteiger charge is 2.21. The van der Waals surface area contributed by atoms with Gasteiger partial charge in [-0.25, -0.2) is 13.4 Å². The predicted octanol–water partition coefficient (Wildman–Crippen LogP) is 4.17. The van der Waals surface area contributed by atoms with Crippen molar-refractivity contribution in [3.8, 4) is 0 Å². The lowest BCUT2D eigenvalue weighted by atomic mass is 10.0. The number of nitrogens with one attached hydrogen (secondary N) is 1. The zero-order valence-corrected chi connectivity index (χ0v) is 16.9. The van der Waals surface area contributed by atoms with Crippen LogP contribution in [0.15, 0.2) is 53.4 Å². The van der Waals surface area contributed by atoms with Crippen molar-refractivity contribution in [1.29, 1.82) is 0 Å². The fraction of sp³-hybridized carbons (Fsp3) is 0.350. The van der Waals surface area contributed by atoms with Crippen LogP contribution in [-0.4, -0.2) is 38.3 Å². The van der Waals surface area contributed by atoms with Gasteiger partial charge in [0, 0.05) is 24.8 Å². The third-order valence-corrected chi connectivity index (χ3v) is 7.78.